The van der Waals surface area contributed by atoms with Crippen LogP contribution in [0.1, 0.15) is 59.3 Å². The summed E-state index contributed by atoms with van der Waals surface area (Å²) in [6, 6.07) is 0.685. The smallest absolute Gasteiger partial charge is 0.0594 e. The van der Waals surface area contributed by atoms with Crippen molar-refractivity contribution in [2.75, 3.05) is 45.9 Å². The van der Waals surface area contributed by atoms with Crippen LogP contribution in [-0.4, -0.2) is 61.8 Å². The lowest BCUT2D eigenvalue weighted by Gasteiger charge is -2.47. The molecule has 1 spiro atoms. The molecule has 0 aromatic rings. The van der Waals surface area contributed by atoms with Crippen LogP contribution < -0.4 is 0 Å². The zero-order chi connectivity index (χ0) is 16.3. The molecule has 1 atom stereocenters. The number of rotatable bonds is 4. The minimum Gasteiger partial charge on any atom is -0.379 e. The molecule has 2 saturated heterocycles. The molecule has 0 amide bonds. The summed E-state index contributed by atoms with van der Waals surface area (Å²) in [4.78, 5) is 5.35. The molecule has 0 radical (unpaired) electrons. The second kappa shape index (κ2) is 7.84. The Hall–Kier alpha value is -0.120. The SMILES string of the molecule is CC(C)C1CCC2(CC1)CCN(CC(C)N1CCOCC1)CC2. The zero-order valence-electron chi connectivity index (χ0n) is 15.7. The van der Waals surface area contributed by atoms with Gasteiger partial charge in [0.15, 0.2) is 0 Å². The number of likely N-dealkylation sites (tertiary alicyclic amines) is 1. The van der Waals surface area contributed by atoms with Crippen molar-refractivity contribution >= 4 is 0 Å². The fourth-order valence-electron chi connectivity index (χ4n) is 5.14. The van der Waals surface area contributed by atoms with Gasteiger partial charge in [-0.1, -0.05) is 13.8 Å². The van der Waals surface area contributed by atoms with Crippen molar-refractivity contribution < 1.29 is 4.74 Å². The Kier molecular flexibility index (Phi) is 6.03. The highest BCUT2D eigenvalue weighted by atomic mass is 16.5. The fraction of sp³-hybridized carbons (Fsp3) is 1.00. The van der Waals surface area contributed by atoms with Gasteiger partial charge < -0.3 is 9.64 Å². The van der Waals surface area contributed by atoms with Crippen LogP contribution in [0, 0.1) is 17.3 Å². The van der Waals surface area contributed by atoms with Gasteiger partial charge in [0.1, 0.15) is 0 Å². The maximum atomic E-state index is 5.49. The van der Waals surface area contributed by atoms with Gasteiger partial charge >= 0.3 is 0 Å². The minimum atomic E-state index is 0.685. The summed E-state index contributed by atoms with van der Waals surface area (Å²) in [5, 5.41) is 0. The largest absolute Gasteiger partial charge is 0.379 e. The normalized spacial score (nSPS) is 29.2. The molecule has 3 heteroatoms. The third-order valence-electron chi connectivity index (χ3n) is 7.14. The number of ether oxygens (including phenoxy) is 1. The van der Waals surface area contributed by atoms with E-state index < -0.39 is 0 Å². The second-order valence-electron chi connectivity index (χ2n) is 8.88. The average molecular weight is 323 g/mol. The fourth-order valence-corrected chi connectivity index (χ4v) is 5.14. The Morgan fingerprint density at radius 1 is 0.913 bits per heavy atom. The molecule has 2 heterocycles. The summed E-state index contributed by atoms with van der Waals surface area (Å²) >= 11 is 0. The van der Waals surface area contributed by atoms with Gasteiger partial charge in [-0.3, -0.25) is 4.90 Å². The van der Waals surface area contributed by atoms with E-state index in [1.807, 2.05) is 0 Å². The van der Waals surface area contributed by atoms with Gasteiger partial charge in [-0.05, 0) is 75.8 Å². The molecule has 0 aromatic carbocycles. The molecule has 2 aliphatic heterocycles. The Morgan fingerprint density at radius 3 is 2.09 bits per heavy atom. The maximum Gasteiger partial charge on any atom is 0.0594 e. The van der Waals surface area contributed by atoms with Crippen LogP contribution in [0.3, 0.4) is 0 Å². The summed E-state index contributed by atoms with van der Waals surface area (Å²) in [6.45, 7) is 15.2. The number of nitrogens with zero attached hydrogens (tertiary/aromatic N) is 2. The molecule has 1 saturated carbocycles. The van der Waals surface area contributed by atoms with E-state index in [9.17, 15) is 0 Å². The molecular weight excluding hydrogens is 284 g/mol. The Bertz CT molecular complexity index is 347. The second-order valence-corrected chi connectivity index (χ2v) is 8.88. The molecule has 0 bridgehead atoms. The Morgan fingerprint density at radius 2 is 1.52 bits per heavy atom. The van der Waals surface area contributed by atoms with Crippen molar-refractivity contribution in [1.29, 1.82) is 0 Å². The molecule has 0 N–H and O–H groups in total. The zero-order valence-corrected chi connectivity index (χ0v) is 15.7. The highest BCUT2D eigenvalue weighted by molar-refractivity contribution is 4.91. The molecule has 134 valence electrons. The highest BCUT2D eigenvalue weighted by Crippen LogP contribution is 2.47. The van der Waals surface area contributed by atoms with E-state index in [2.05, 4.69) is 30.6 Å². The lowest BCUT2D eigenvalue weighted by Crippen LogP contribution is -2.50. The molecule has 0 aromatic heterocycles. The van der Waals surface area contributed by atoms with Crippen molar-refractivity contribution in [3.05, 3.63) is 0 Å². The van der Waals surface area contributed by atoms with Gasteiger partial charge in [0, 0.05) is 25.7 Å². The first kappa shape index (κ1) is 17.7. The van der Waals surface area contributed by atoms with Crippen molar-refractivity contribution in [1.82, 2.24) is 9.80 Å². The first-order chi connectivity index (χ1) is 11.1. The average Bonchev–Trinajstić information content (AvgIpc) is 2.58. The first-order valence-electron chi connectivity index (χ1n) is 10.1. The van der Waals surface area contributed by atoms with Gasteiger partial charge in [-0.2, -0.15) is 0 Å². The molecule has 23 heavy (non-hydrogen) atoms. The van der Waals surface area contributed by atoms with E-state index in [-0.39, 0.29) is 0 Å². The third kappa shape index (κ3) is 4.49. The van der Waals surface area contributed by atoms with Crippen molar-refractivity contribution in [2.24, 2.45) is 17.3 Å². The third-order valence-corrected chi connectivity index (χ3v) is 7.14. The minimum absolute atomic E-state index is 0.685. The van der Waals surface area contributed by atoms with Gasteiger partial charge in [-0.15, -0.1) is 0 Å². The first-order valence-corrected chi connectivity index (χ1v) is 10.1. The van der Waals surface area contributed by atoms with Gasteiger partial charge in [0.25, 0.3) is 0 Å². The van der Waals surface area contributed by atoms with Crippen LogP contribution in [0.2, 0.25) is 0 Å². The van der Waals surface area contributed by atoms with Crippen LogP contribution in [-0.2, 0) is 4.74 Å². The molecule has 3 rings (SSSR count). The topological polar surface area (TPSA) is 15.7 Å². The molecule has 1 unspecified atom stereocenters. The Labute approximate surface area is 143 Å². The summed E-state index contributed by atoms with van der Waals surface area (Å²) in [5.74, 6) is 1.89. The monoisotopic (exact) mass is 322 g/mol. The van der Waals surface area contributed by atoms with Crippen molar-refractivity contribution in [2.45, 2.75) is 65.3 Å². The predicted molar refractivity (Wildman–Crippen MR) is 96.8 cm³/mol. The summed E-state index contributed by atoms with van der Waals surface area (Å²) < 4.78 is 5.49. The Balaban J connectivity index is 1.42. The summed E-state index contributed by atoms with van der Waals surface area (Å²) in [7, 11) is 0. The lowest BCUT2D eigenvalue weighted by atomic mass is 9.64. The number of morpholine rings is 1. The molecule has 3 fully saturated rings. The lowest BCUT2D eigenvalue weighted by molar-refractivity contribution is -0.000436. The number of hydrogen-bond donors (Lipinski definition) is 0. The summed E-state index contributed by atoms with van der Waals surface area (Å²) in [6.07, 6.45) is 8.89. The van der Waals surface area contributed by atoms with E-state index in [1.54, 1.807) is 0 Å². The molecular formula is C20H38N2O. The van der Waals surface area contributed by atoms with E-state index in [0.717, 1.165) is 38.1 Å². The summed E-state index contributed by atoms with van der Waals surface area (Å²) in [5.41, 5.74) is 0.712. The van der Waals surface area contributed by atoms with E-state index in [1.165, 1.54) is 58.2 Å². The van der Waals surface area contributed by atoms with E-state index in [4.69, 9.17) is 4.74 Å². The van der Waals surface area contributed by atoms with Crippen LogP contribution in [0.4, 0.5) is 0 Å². The highest BCUT2D eigenvalue weighted by Gasteiger charge is 2.38. The molecule has 3 nitrogen and oxygen atoms in total. The number of piperidine rings is 1. The molecule has 1 aliphatic carbocycles. The van der Waals surface area contributed by atoms with Crippen LogP contribution in [0.25, 0.3) is 0 Å². The van der Waals surface area contributed by atoms with Gasteiger partial charge in [0.05, 0.1) is 13.2 Å². The van der Waals surface area contributed by atoms with Gasteiger partial charge in [0.2, 0.25) is 0 Å². The van der Waals surface area contributed by atoms with Crippen molar-refractivity contribution in [3.8, 4) is 0 Å². The van der Waals surface area contributed by atoms with Crippen LogP contribution in [0.15, 0.2) is 0 Å². The number of hydrogen-bond acceptors (Lipinski definition) is 3. The van der Waals surface area contributed by atoms with Crippen LogP contribution >= 0.6 is 0 Å². The standard InChI is InChI=1S/C20H38N2O/c1-17(2)19-4-6-20(7-5-19)8-10-21(11-9-20)16-18(3)22-12-14-23-15-13-22/h17-19H,4-16H2,1-3H3. The predicted octanol–water partition coefficient (Wildman–Crippen LogP) is 3.64. The quantitative estimate of drug-likeness (QED) is 0.786. The van der Waals surface area contributed by atoms with E-state index >= 15 is 0 Å². The molecule has 3 aliphatic rings. The van der Waals surface area contributed by atoms with E-state index in [0.29, 0.717) is 11.5 Å². The van der Waals surface area contributed by atoms with Crippen molar-refractivity contribution in [3.63, 3.8) is 0 Å². The van der Waals surface area contributed by atoms with Gasteiger partial charge in [-0.25, -0.2) is 0 Å². The maximum absolute atomic E-state index is 5.49. The van der Waals surface area contributed by atoms with Crippen LogP contribution in [0.5, 0.6) is 0 Å².